The number of benzene rings is 1. The van der Waals surface area contributed by atoms with Gasteiger partial charge in [0.1, 0.15) is 12.0 Å². The Morgan fingerprint density at radius 2 is 2.10 bits per heavy atom. The van der Waals surface area contributed by atoms with E-state index in [-0.39, 0.29) is 0 Å². The summed E-state index contributed by atoms with van der Waals surface area (Å²) >= 11 is 0. The van der Waals surface area contributed by atoms with Crippen LogP contribution in [0.3, 0.4) is 0 Å². The summed E-state index contributed by atoms with van der Waals surface area (Å²) in [5.74, 6) is 1.63. The van der Waals surface area contributed by atoms with Gasteiger partial charge in [-0.3, -0.25) is 0 Å². The van der Waals surface area contributed by atoms with Gasteiger partial charge in [0.2, 0.25) is 5.88 Å². The molecular formula is C15H18N4O. The van der Waals surface area contributed by atoms with Crippen LogP contribution in [0.25, 0.3) is 0 Å². The molecule has 1 heterocycles. The molecule has 0 spiro atoms. The van der Waals surface area contributed by atoms with Crippen LogP contribution in [0.5, 0.6) is 5.88 Å². The lowest BCUT2D eigenvalue weighted by atomic mass is 10.1. The van der Waals surface area contributed by atoms with Crippen LogP contribution in [0, 0.1) is 0 Å². The summed E-state index contributed by atoms with van der Waals surface area (Å²) in [5, 5.41) is 3.38. The Morgan fingerprint density at radius 1 is 1.30 bits per heavy atom. The summed E-state index contributed by atoms with van der Waals surface area (Å²) < 4.78 is 5.37. The summed E-state index contributed by atoms with van der Waals surface area (Å²) in [7, 11) is 0. The van der Waals surface area contributed by atoms with Crippen LogP contribution in [-0.2, 0) is 0 Å². The highest BCUT2D eigenvalue weighted by atomic mass is 16.5. The van der Waals surface area contributed by atoms with Gasteiger partial charge >= 0.3 is 0 Å². The van der Waals surface area contributed by atoms with Gasteiger partial charge in [0.15, 0.2) is 5.82 Å². The van der Waals surface area contributed by atoms with E-state index in [9.17, 15) is 0 Å². The van der Waals surface area contributed by atoms with Gasteiger partial charge in [-0.05, 0) is 18.9 Å². The Hall–Kier alpha value is -2.30. The minimum atomic E-state index is 0.379. The first kappa shape index (κ1) is 12.7. The van der Waals surface area contributed by atoms with Gasteiger partial charge < -0.3 is 15.8 Å². The third-order valence-electron chi connectivity index (χ3n) is 3.47. The van der Waals surface area contributed by atoms with E-state index in [0.29, 0.717) is 36.0 Å². The largest absolute Gasteiger partial charge is 0.476 e. The molecule has 0 saturated heterocycles. The second-order valence-electron chi connectivity index (χ2n) is 4.88. The fourth-order valence-corrected chi connectivity index (χ4v) is 2.34. The summed E-state index contributed by atoms with van der Waals surface area (Å²) in [6, 6.07) is 10.9. The molecule has 2 atom stereocenters. The number of hydrogen-bond donors (Lipinski definition) is 2. The number of anilines is 2. The van der Waals surface area contributed by atoms with Gasteiger partial charge in [0.25, 0.3) is 0 Å². The monoisotopic (exact) mass is 270 g/mol. The number of nitrogens with zero attached hydrogens (tertiary/aromatic N) is 2. The first-order valence-electron chi connectivity index (χ1n) is 6.84. The number of nitrogens with two attached hydrogens (primary N) is 1. The van der Waals surface area contributed by atoms with Crippen molar-refractivity contribution in [2.75, 3.05) is 17.7 Å². The van der Waals surface area contributed by atoms with Gasteiger partial charge in [0.05, 0.1) is 6.61 Å². The molecule has 2 aromatic rings. The number of rotatable bonds is 5. The molecule has 0 bridgehead atoms. The zero-order valence-corrected chi connectivity index (χ0v) is 11.4. The predicted octanol–water partition coefficient (Wildman–Crippen LogP) is 2.43. The Bertz CT molecular complexity index is 588. The first-order valence-corrected chi connectivity index (χ1v) is 6.84. The van der Waals surface area contributed by atoms with Crippen LogP contribution in [0.4, 0.5) is 11.5 Å². The van der Waals surface area contributed by atoms with Crippen molar-refractivity contribution in [1.29, 1.82) is 0 Å². The van der Waals surface area contributed by atoms with E-state index in [2.05, 4.69) is 39.6 Å². The second kappa shape index (κ2) is 5.36. The van der Waals surface area contributed by atoms with E-state index in [1.54, 1.807) is 0 Å². The van der Waals surface area contributed by atoms with Gasteiger partial charge in [-0.15, -0.1) is 0 Å². The molecule has 2 unspecified atom stereocenters. The lowest BCUT2D eigenvalue weighted by molar-refractivity contribution is 0.328. The molecule has 104 valence electrons. The Labute approximate surface area is 118 Å². The topological polar surface area (TPSA) is 73.1 Å². The average molecular weight is 270 g/mol. The summed E-state index contributed by atoms with van der Waals surface area (Å²) in [5.41, 5.74) is 7.85. The fourth-order valence-electron chi connectivity index (χ4n) is 2.34. The normalized spacial score (nSPS) is 20.4. The van der Waals surface area contributed by atoms with E-state index in [0.717, 1.165) is 6.42 Å². The molecule has 0 radical (unpaired) electrons. The van der Waals surface area contributed by atoms with Crippen LogP contribution in [0.15, 0.2) is 36.7 Å². The molecule has 1 aromatic heterocycles. The van der Waals surface area contributed by atoms with Crippen LogP contribution >= 0.6 is 0 Å². The average Bonchev–Trinajstić information content (AvgIpc) is 3.24. The lowest BCUT2D eigenvalue weighted by Crippen LogP contribution is -2.10. The van der Waals surface area contributed by atoms with Crippen molar-refractivity contribution in [3.8, 4) is 5.88 Å². The maximum absolute atomic E-state index is 6.02. The van der Waals surface area contributed by atoms with Crippen molar-refractivity contribution < 1.29 is 4.74 Å². The number of nitrogen functional groups attached to an aromatic ring is 1. The number of ether oxygens (including phenoxy) is 1. The minimum Gasteiger partial charge on any atom is -0.476 e. The summed E-state index contributed by atoms with van der Waals surface area (Å²) in [6.07, 6.45) is 2.57. The van der Waals surface area contributed by atoms with Crippen LogP contribution < -0.4 is 15.8 Å². The van der Waals surface area contributed by atoms with Crippen molar-refractivity contribution in [3.63, 3.8) is 0 Å². The van der Waals surface area contributed by atoms with E-state index in [1.807, 2.05) is 13.0 Å². The molecule has 0 amide bonds. The Balaban J connectivity index is 1.70. The standard InChI is InChI=1S/C15H18N4O/c1-2-20-15-13(16)14(17-9-18-15)19-12-8-11(12)10-6-4-3-5-7-10/h3-7,9,11-12H,2,8,16H2,1H3,(H,17,18,19). The maximum atomic E-state index is 6.02. The lowest BCUT2D eigenvalue weighted by Gasteiger charge is -2.11. The van der Waals surface area contributed by atoms with Gasteiger partial charge in [-0.25, -0.2) is 4.98 Å². The SMILES string of the molecule is CCOc1ncnc(NC2CC2c2ccccc2)c1N. The molecule has 1 aliphatic carbocycles. The molecule has 20 heavy (non-hydrogen) atoms. The van der Waals surface area contributed by atoms with Crippen molar-refractivity contribution in [1.82, 2.24) is 9.97 Å². The highest BCUT2D eigenvalue weighted by Gasteiger charge is 2.38. The third kappa shape index (κ3) is 2.52. The van der Waals surface area contributed by atoms with E-state index in [4.69, 9.17) is 10.5 Å². The van der Waals surface area contributed by atoms with Gasteiger partial charge in [-0.2, -0.15) is 4.98 Å². The van der Waals surface area contributed by atoms with Crippen molar-refractivity contribution in [2.45, 2.75) is 25.3 Å². The zero-order valence-electron chi connectivity index (χ0n) is 11.4. The quantitative estimate of drug-likeness (QED) is 0.873. The molecule has 1 aromatic carbocycles. The van der Waals surface area contributed by atoms with Crippen LogP contribution in [-0.4, -0.2) is 22.6 Å². The fraction of sp³-hybridized carbons (Fsp3) is 0.333. The molecule has 3 N–H and O–H groups in total. The first-order chi connectivity index (χ1) is 9.79. The molecule has 1 aliphatic rings. The number of nitrogens with one attached hydrogen (secondary N) is 1. The Kier molecular flexibility index (Phi) is 3.41. The van der Waals surface area contributed by atoms with E-state index >= 15 is 0 Å². The second-order valence-corrected chi connectivity index (χ2v) is 4.88. The molecule has 1 saturated carbocycles. The van der Waals surface area contributed by atoms with Crippen LogP contribution in [0.2, 0.25) is 0 Å². The maximum Gasteiger partial charge on any atom is 0.242 e. The minimum absolute atomic E-state index is 0.379. The van der Waals surface area contributed by atoms with Gasteiger partial charge in [-0.1, -0.05) is 30.3 Å². The molecular weight excluding hydrogens is 252 g/mol. The molecule has 5 heteroatoms. The van der Waals surface area contributed by atoms with Crippen LogP contribution in [0.1, 0.15) is 24.8 Å². The van der Waals surface area contributed by atoms with E-state index in [1.165, 1.54) is 11.9 Å². The highest BCUT2D eigenvalue weighted by molar-refractivity contribution is 5.67. The van der Waals surface area contributed by atoms with Crippen molar-refractivity contribution >= 4 is 11.5 Å². The number of hydrogen-bond acceptors (Lipinski definition) is 5. The Morgan fingerprint density at radius 3 is 2.85 bits per heavy atom. The summed E-state index contributed by atoms with van der Waals surface area (Å²) in [6.45, 7) is 2.44. The third-order valence-corrected chi connectivity index (χ3v) is 3.47. The highest BCUT2D eigenvalue weighted by Crippen LogP contribution is 2.43. The molecule has 0 aliphatic heterocycles. The van der Waals surface area contributed by atoms with Crippen molar-refractivity contribution in [3.05, 3.63) is 42.2 Å². The summed E-state index contributed by atoms with van der Waals surface area (Å²) in [4.78, 5) is 8.24. The molecule has 3 rings (SSSR count). The predicted molar refractivity (Wildman–Crippen MR) is 78.8 cm³/mol. The van der Waals surface area contributed by atoms with E-state index < -0.39 is 0 Å². The number of aromatic nitrogens is 2. The van der Waals surface area contributed by atoms with Gasteiger partial charge in [0, 0.05) is 12.0 Å². The molecule has 1 fully saturated rings. The molecule has 5 nitrogen and oxygen atoms in total. The zero-order chi connectivity index (χ0) is 13.9. The van der Waals surface area contributed by atoms with Crippen molar-refractivity contribution in [2.24, 2.45) is 0 Å². The smallest absolute Gasteiger partial charge is 0.242 e.